The predicted octanol–water partition coefficient (Wildman–Crippen LogP) is 2.23. The highest BCUT2D eigenvalue weighted by Gasteiger charge is 2.22. The quantitative estimate of drug-likeness (QED) is 0.559. The Kier molecular flexibility index (Phi) is 5.85. The first-order chi connectivity index (χ1) is 9.17. The zero-order valence-electron chi connectivity index (χ0n) is 11.3. The Labute approximate surface area is 112 Å². The van der Waals surface area contributed by atoms with E-state index in [1.54, 1.807) is 32.0 Å². The van der Waals surface area contributed by atoms with Gasteiger partial charge in [0.05, 0.1) is 19.3 Å². The lowest BCUT2D eigenvalue weighted by atomic mass is 10.2. The Morgan fingerprint density at radius 1 is 1.37 bits per heavy atom. The van der Waals surface area contributed by atoms with Gasteiger partial charge in [-0.2, -0.15) is 0 Å². The normalized spacial score (nSPS) is 11.5. The van der Waals surface area contributed by atoms with Crippen molar-refractivity contribution in [3.63, 3.8) is 0 Å². The molecule has 0 spiro atoms. The van der Waals surface area contributed by atoms with Gasteiger partial charge >= 0.3 is 5.97 Å². The summed E-state index contributed by atoms with van der Waals surface area (Å²) in [5.74, 6) is 0.222. The summed E-state index contributed by atoms with van der Waals surface area (Å²) in [6.45, 7) is 3.81. The number of hydrogen-bond donors (Lipinski definition) is 0. The summed E-state index contributed by atoms with van der Waals surface area (Å²) in [5, 5.41) is 0. The van der Waals surface area contributed by atoms with Crippen molar-refractivity contribution < 1.29 is 23.8 Å². The van der Waals surface area contributed by atoms with Crippen LogP contribution in [0.3, 0.4) is 0 Å². The molecule has 104 valence electrons. The molecule has 0 N–H and O–H groups in total. The van der Waals surface area contributed by atoms with Gasteiger partial charge in [-0.3, -0.25) is 4.79 Å². The van der Waals surface area contributed by atoms with Crippen molar-refractivity contribution in [2.45, 2.75) is 26.4 Å². The van der Waals surface area contributed by atoms with Gasteiger partial charge in [0.15, 0.2) is 23.9 Å². The van der Waals surface area contributed by atoms with Crippen LogP contribution in [0.15, 0.2) is 18.2 Å². The van der Waals surface area contributed by atoms with Crippen LogP contribution in [-0.4, -0.2) is 32.1 Å². The van der Waals surface area contributed by atoms with Crippen molar-refractivity contribution in [2.75, 3.05) is 13.7 Å². The third kappa shape index (κ3) is 3.71. The molecule has 0 heterocycles. The smallest absolute Gasteiger partial charge is 0.347 e. The molecule has 0 radical (unpaired) electrons. The fourth-order valence-electron chi connectivity index (χ4n) is 1.59. The maximum atomic E-state index is 11.7. The lowest BCUT2D eigenvalue weighted by molar-refractivity contribution is -0.151. The molecular formula is C14H18O5. The molecule has 1 rings (SSSR count). The fourth-order valence-corrected chi connectivity index (χ4v) is 1.59. The Balaban J connectivity index is 3.01. The minimum absolute atomic E-state index is 0.264. The van der Waals surface area contributed by atoms with Gasteiger partial charge in [-0.15, -0.1) is 0 Å². The van der Waals surface area contributed by atoms with Crippen LogP contribution in [0.5, 0.6) is 11.5 Å². The standard InChI is InChI=1S/C14H18O5/c1-4-11(14(16)18-5-2)19-13-10(9-15)7-6-8-12(13)17-3/h6-9,11H,4-5H2,1-3H3. The fraction of sp³-hybridized carbons (Fsp3) is 0.429. The van der Waals surface area contributed by atoms with Crippen molar-refractivity contribution in [2.24, 2.45) is 0 Å². The number of aldehydes is 1. The van der Waals surface area contributed by atoms with E-state index in [0.717, 1.165) is 0 Å². The average molecular weight is 266 g/mol. The molecule has 0 fully saturated rings. The number of hydrogen-bond acceptors (Lipinski definition) is 5. The van der Waals surface area contributed by atoms with E-state index in [-0.39, 0.29) is 12.4 Å². The molecule has 0 aliphatic heterocycles. The summed E-state index contributed by atoms with van der Waals surface area (Å²) >= 11 is 0. The van der Waals surface area contributed by atoms with Crippen molar-refractivity contribution in [1.29, 1.82) is 0 Å². The maximum absolute atomic E-state index is 11.7. The first-order valence-corrected chi connectivity index (χ1v) is 6.13. The summed E-state index contributed by atoms with van der Waals surface area (Å²) in [6.07, 6.45) is 0.347. The second-order valence-corrected chi connectivity index (χ2v) is 3.76. The van der Waals surface area contributed by atoms with Crippen molar-refractivity contribution >= 4 is 12.3 Å². The van der Waals surface area contributed by atoms with Crippen molar-refractivity contribution in [3.8, 4) is 11.5 Å². The van der Waals surface area contributed by atoms with E-state index < -0.39 is 12.1 Å². The summed E-state index contributed by atoms with van der Waals surface area (Å²) < 4.78 is 15.6. The second kappa shape index (κ2) is 7.41. The monoisotopic (exact) mass is 266 g/mol. The molecule has 0 aromatic heterocycles. The second-order valence-electron chi connectivity index (χ2n) is 3.76. The zero-order chi connectivity index (χ0) is 14.3. The molecule has 0 bridgehead atoms. The van der Waals surface area contributed by atoms with Crippen LogP contribution in [0.4, 0.5) is 0 Å². The van der Waals surface area contributed by atoms with Gasteiger partial charge in [-0.05, 0) is 25.5 Å². The SMILES string of the molecule is CCOC(=O)C(CC)Oc1c(C=O)cccc1OC. The molecule has 0 aliphatic carbocycles. The number of ether oxygens (including phenoxy) is 3. The van der Waals surface area contributed by atoms with E-state index in [2.05, 4.69) is 0 Å². The number of carbonyl (C=O) groups excluding carboxylic acids is 2. The largest absolute Gasteiger partial charge is 0.493 e. The summed E-state index contributed by atoms with van der Waals surface area (Å²) in [6, 6.07) is 4.95. The average Bonchev–Trinajstić information content (AvgIpc) is 2.44. The van der Waals surface area contributed by atoms with E-state index in [0.29, 0.717) is 24.0 Å². The third-order valence-corrected chi connectivity index (χ3v) is 2.54. The van der Waals surface area contributed by atoms with Crippen LogP contribution in [0.25, 0.3) is 0 Å². The van der Waals surface area contributed by atoms with Crippen LogP contribution >= 0.6 is 0 Å². The van der Waals surface area contributed by atoms with Gasteiger partial charge in [0.25, 0.3) is 0 Å². The molecule has 0 saturated carbocycles. The van der Waals surface area contributed by atoms with Crippen LogP contribution < -0.4 is 9.47 Å². The molecule has 1 unspecified atom stereocenters. The molecule has 1 atom stereocenters. The maximum Gasteiger partial charge on any atom is 0.347 e. The van der Waals surface area contributed by atoms with Gasteiger partial charge in [-0.25, -0.2) is 4.79 Å². The van der Waals surface area contributed by atoms with Crippen molar-refractivity contribution in [3.05, 3.63) is 23.8 Å². The topological polar surface area (TPSA) is 61.8 Å². The number of para-hydroxylation sites is 1. The summed E-state index contributed by atoms with van der Waals surface area (Å²) in [4.78, 5) is 22.7. The number of esters is 1. The minimum Gasteiger partial charge on any atom is -0.493 e. The molecular weight excluding hydrogens is 248 g/mol. The minimum atomic E-state index is -0.755. The molecule has 5 nitrogen and oxygen atoms in total. The van der Waals surface area contributed by atoms with Gasteiger partial charge < -0.3 is 14.2 Å². The van der Waals surface area contributed by atoms with Crippen LogP contribution in [0, 0.1) is 0 Å². The Hall–Kier alpha value is -2.04. The predicted molar refractivity (Wildman–Crippen MR) is 69.7 cm³/mol. The van der Waals surface area contributed by atoms with Gasteiger partial charge in [0, 0.05) is 0 Å². The van der Waals surface area contributed by atoms with Gasteiger partial charge in [0.1, 0.15) is 0 Å². The number of benzene rings is 1. The molecule has 1 aromatic carbocycles. The number of carbonyl (C=O) groups is 2. The Bertz CT molecular complexity index is 441. The highest BCUT2D eigenvalue weighted by molar-refractivity contribution is 5.82. The number of methoxy groups -OCH3 is 1. The van der Waals surface area contributed by atoms with Gasteiger partial charge in [-0.1, -0.05) is 13.0 Å². The van der Waals surface area contributed by atoms with E-state index in [4.69, 9.17) is 14.2 Å². The highest BCUT2D eigenvalue weighted by atomic mass is 16.6. The molecule has 0 aliphatic rings. The Morgan fingerprint density at radius 2 is 2.11 bits per heavy atom. The number of rotatable bonds is 7. The van der Waals surface area contributed by atoms with Gasteiger partial charge in [0.2, 0.25) is 0 Å². The van der Waals surface area contributed by atoms with Crippen LogP contribution in [0.2, 0.25) is 0 Å². The first-order valence-electron chi connectivity index (χ1n) is 6.13. The summed E-state index contributed by atoms with van der Waals surface area (Å²) in [7, 11) is 1.47. The highest BCUT2D eigenvalue weighted by Crippen LogP contribution is 2.31. The lowest BCUT2D eigenvalue weighted by Gasteiger charge is -2.18. The first kappa shape index (κ1) is 15.0. The third-order valence-electron chi connectivity index (χ3n) is 2.54. The van der Waals surface area contributed by atoms with E-state index >= 15 is 0 Å². The Morgan fingerprint density at radius 3 is 2.63 bits per heavy atom. The van der Waals surface area contributed by atoms with Crippen molar-refractivity contribution in [1.82, 2.24) is 0 Å². The van der Waals surface area contributed by atoms with E-state index in [1.807, 2.05) is 0 Å². The molecule has 1 aromatic rings. The van der Waals surface area contributed by atoms with E-state index in [1.165, 1.54) is 7.11 Å². The zero-order valence-corrected chi connectivity index (χ0v) is 11.3. The molecule has 0 amide bonds. The molecule has 5 heteroatoms. The molecule has 19 heavy (non-hydrogen) atoms. The van der Waals surface area contributed by atoms with Crippen LogP contribution in [-0.2, 0) is 9.53 Å². The summed E-state index contributed by atoms with van der Waals surface area (Å²) in [5.41, 5.74) is 0.335. The lowest BCUT2D eigenvalue weighted by Crippen LogP contribution is -2.29. The van der Waals surface area contributed by atoms with Crippen LogP contribution in [0.1, 0.15) is 30.6 Å². The van der Waals surface area contributed by atoms with E-state index in [9.17, 15) is 9.59 Å². The molecule has 0 saturated heterocycles.